The molecule has 0 saturated heterocycles. The molecule has 3 rings (SSSR count). The number of allylic oxidation sites excluding steroid dienone is 1. The first kappa shape index (κ1) is 18.7. The van der Waals surface area contributed by atoms with Crippen LogP contribution in [0.3, 0.4) is 0 Å². The summed E-state index contributed by atoms with van der Waals surface area (Å²) in [5.41, 5.74) is 7.37. The van der Waals surface area contributed by atoms with Crippen LogP contribution in [0, 0.1) is 5.82 Å². The zero-order valence-corrected chi connectivity index (χ0v) is 14.6. The maximum Gasteiger partial charge on any atom is 0.333 e. The van der Waals surface area contributed by atoms with E-state index >= 15 is 0 Å². The van der Waals surface area contributed by atoms with Crippen LogP contribution >= 0.6 is 0 Å². The number of nitrogens with two attached hydrogens (primary N) is 1. The number of pyridine rings is 1. The van der Waals surface area contributed by atoms with Gasteiger partial charge in [-0.1, -0.05) is 0 Å². The summed E-state index contributed by atoms with van der Waals surface area (Å²) in [6.07, 6.45) is 7.13. The molecule has 4 N–H and O–H groups in total. The van der Waals surface area contributed by atoms with Crippen LogP contribution in [0.4, 0.5) is 4.39 Å². The number of carbonyl (C=O) groups excluding carboxylic acids is 1. The van der Waals surface area contributed by atoms with Crippen LogP contribution < -0.4 is 11.1 Å². The second-order valence-electron chi connectivity index (χ2n) is 6.40. The number of aliphatic carboxylic acids is 1. The number of nitrogens with zero attached hydrogens (tertiary/aromatic N) is 3. The molecular weight excluding hydrogens is 353 g/mol. The van der Waals surface area contributed by atoms with E-state index in [0.717, 1.165) is 19.0 Å². The molecule has 2 heterocycles. The van der Waals surface area contributed by atoms with Crippen LogP contribution in [0.5, 0.6) is 0 Å². The summed E-state index contributed by atoms with van der Waals surface area (Å²) in [7, 11) is 0. The molecule has 1 atom stereocenters. The molecule has 0 aliphatic heterocycles. The fraction of sp³-hybridized carbons (Fsp3) is 0.333. The number of rotatable bonds is 6. The van der Waals surface area contributed by atoms with Crippen molar-refractivity contribution in [2.45, 2.75) is 38.1 Å². The van der Waals surface area contributed by atoms with Gasteiger partial charge >= 0.3 is 5.97 Å². The van der Waals surface area contributed by atoms with E-state index in [4.69, 9.17) is 5.73 Å². The molecule has 0 radical (unpaired) electrons. The first-order valence-electron chi connectivity index (χ1n) is 8.61. The Labute approximate surface area is 154 Å². The normalized spacial score (nSPS) is 15.5. The van der Waals surface area contributed by atoms with Gasteiger partial charge in [-0.3, -0.25) is 4.79 Å². The fourth-order valence-corrected chi connectivity index (χ4v) is 2.96. The van der Waals surface area contributed by atoms with Crippen molar-refractivity contribution in [1.29, 1.82) is 0 Å². The number of hydrogen-bond donors (Lipinski definition) is 3. The molecule has 8 nitrogen and oxygen atoms in total. The number of hydrogen-bond acceptors (Lipinski definition) is 5. The Balaban J connectivity index is 1.65. The number of amides is 1. The van der Waals surface area contributed by atoms with Gasteiger partial charge in [0.1, 0.15) is 5.82 Å². The third kappa shape index (κ3) is 4.56. The van der Waals surface area contributed by atoms with Gasteiger partial charge in [0.2, 0.25) is 5.91 Å². The minimum Gasteiger partial charge on any atom is -0.478 e. The zero-order valence-electron chi connectivity index (χ0n) is 14.6. The van der Waals surface area contributed by atoms with Gasteiger partial charge in [0.25, 0.3) is 0 Å². The summed E-state index contributed by atoms with van der Waals surface area (Å²) in [5, 5.41) is 16.0. The lowest BCUT2D eigenvalue weighted by Gasteiger charge is -2.20. The van der Waals surface area contributed by atoms with Crippen LogP contribution in [0.15, 0.2) is 42.0 Å². The van der Waals surface area contributed by atoms with Crippen molar-refractivity contribution in [3.05, 3.63) is 53.4 Å². The Morgan fingerprint density at radius 2 is 2.07 bits per heavy atom. The van der Waals surface area contributed by atoms with Gasteiger partial charge in [-0.15, -0.1) is 0 Å². The Kier molecular flexibility index (Phi) is 5.60. The molecule has 0 aromatic carbocycles. The molecule has 1 unspecified atom stereocenters. The van der Waals surface area contributed by atoms with Crippen molar-refractivity contribution < 1.29 is 19.1 Å². The lowest BCUT2D eigenvalue weighted by molar-refractivity contribution is -0.133. The van der Waals surface area contributed by atoms with E-state index in [1.54, 1.807) is 12.4 Å². The molecule has 0 fully saturated rings. The summed E-state index contributed by atoms with van der Waals surface area (Å²) in [4.78, 5) is 27.6. The first-order valence-corrected chi connectivity index (χ1v) is 8.61. The highest BCUT2D eigenvalue weighted by Crippen LogP contribution is 2.23. The van der Waals surface area contributed by atoms with Crippen molar-refractivity contribution in [2.24, 2.45) is 5.73 Å². The molecular formula is C18H20FN5O3. The molecule has 9 heteroatoms. The number of carboxylic acids is 1. The second kappa shape index (κ2) is 8.09. The van der Waals surface area contributed by atoms with E-state index in [1.807, 2.05) is 0 Å². The predicted octanol–water partition coefficient (Wildman–Crippen LogP) is 1.31. The highest BCUT2D eigenvalue weighted by molar-refractivity contribution is 5.90. The number of halogens is 1. The third-order valence-electron chi connectivity index (χ3n) is 4.38. The highest BCUT2D eigenvalue weighted by Gasteiger charge is 2.22. The topological polar surface area (TPSA) is 123 Å². The Bertz CT molecular complexity index is 875. The lowest BCUT2D eigenvalue weighted by Crippen LogP contribution is -2.42. The summed E-state index contributed by atoms with van der Waals surface area (Å²) in [6, 6.07) is 1.91. The third-order valence-corrected chi connectivity index (χ3v) is 4.38. The number of carbonyl (C=O) groups is 2. The lowest BCUT2D eigenvalue weighted by atomic mass is 9.96. The van der Waals surface area contributed by atoms with Crippen molar-refractivity contribution in [1.82, 2.24) is 20.1 Å². The molecule has 2 aromatic rings. The Hall–Kier alpha value is -3.07. The Morgan fingerprint density at radius 3 is 2.78 bits per heavy atom. The standard InChI is InChI=1S/C18H20FN5O3/c19-12-5-6-16(21-9-12)24-10-11(8-22-24)7-14(20)17(25)23-15-4-2-1-3-13(15)18(26)27/h5-6,8-10,14H,1-4,7,20H2,(H,23,25)(H,26,27). The van der Waals surface area contributed by atoms with E-state index in [-0.39, 0.29) is 12.0 Å². The number of aromatic nitrogens is 3. The average Bonchev–Trinajstić information content (AvgIpc) is 3.11. The zero-order chi connectivity index (χ0) is 19.4. The summed E-state index contributed by atoms with van der Waals surface area (Å²) in [5.74, 6) is -1.44. The molecule has 142 valence electrons. The maximum absolute atomic E-state index is 12.9. The second-order valence-corrected chi connectivity index (χ2v) is 6.40. The number of carboxylic acid groups (broad SMARTS) is 1. The summed E-state index contributed by atoms with van der Waals surface area (Å²) in [6.45, 7) is 0. The molecule has 2 aromatic heterocycles. The molecule has 1 aliphatic rings. The van der Waals surface area contributed by atoms with Crippen LogP contribution in [-0.2, 0) is 16.0 Å². The van der Waals surface area contributed by atoms with E-state index < -0.39 is 23.7 Å². The van der Waals surface area contributed by atoms with Gasteiger partial charge in [-0.2, -0.15) is 5.10 Å². The largest absolute Gasteiger partial charge is 0.478 e. The monoisotopic (exact) mass is 373 g/mol. The molecule has 1 amide bonds. The smallest absolute Gasteiger partial charge is 0.333 e. The minimum atomic E-state index is -1.01. The predicted molar refractivity (Wildman–Crippen MR) is 94.3 cm³/mol. The first-order chi connectivity index (χ1) is 12.9. The van der Waals surface area contributed by atoms with E-state index in [2.05, 4.69) is 15.4 Å². The summed E-state index contributed by atoms with van der Waals surface area (Å²) >= 11 is 0. The van der Waals surface area contributed by atoms with Crippen LogP contribution in [0.1, 0.15) is 31.2 Å². The van der Waals surface area contributed by atoms with Gasteiger partial charge in [-0.25, -0.2) is 18.9 Å². The van der Waals surface area contributed by atoms with Crippen molar-refractivity contribution in [3.63, 3.8) is 0 Å². The van der Waals surface area contributed by atoms with Gasteiger partial charge in [0, 0.05) is 11.9 Å². The van der Waals surface area contributed by atoms with E-state index in [1.165, 1.54) is 16.8 Å². The minimum absolute atomic E-state index is 0.225. The van der Waals surface area contributed by atoms with Gasteiger partial charge in [-0.05, 0) is 49.8 Å². The van der Waals surface area contributed by atoms with Crippen molar-refractivity contribution in [2.75, 3.05) is 0 Å². The van der Waals surface area contributed by atoms with Gasteiger partial charge in [0.05, 0.1) is 24.0 Å². The van der Waals surface area contributed by atoms with Crippen LogP contribution in [-0.4, -0.2) is 37.8 Å². The fourth-order valence-electron chi connectivity index (χ4n) is 2.96. The van der Waals surface area contributed by atoms with Crippen molar-refractivity contribution >= 4 is 11.9 Å². The molecule has 0 saturated carbocycles. The summed E-state index contributed by atoms with van der Waals surface area (Å²) < 4.78 is 14.4. The molecule has 0 spiro atoms. The maximum atomic E-state index is 12.9. The van der Waals surface area contributed by atoms with Crippen molar-refractivity contribution in [3.8, 4) is 5.82 Å². The SMILES string of the molecule is NC(Cc1cnn(-c2ccc(F)cn2)c1)C(=O)NC1=C(C(=O)O)CCCC1. The van der Waals surface area contributed by atoms with Crippen LogP contribution in [0.2, 0.25) is 0 Å². The highest BCUT2D eigenvalue weighted by atomic mass is 19.1. The van der Waals surface area contributed by atoms with Crippen LogP contribution in [0.25, 0.3) is 5.82 Å². The molecule has 1 aliphatic carbocycles. The van der Waals surface area contributed by atoms with E-state index in [0.29, 0.717) is 29.9 Å². The molecule has 27 heavy (non-hydrogen) atoms. The van der Waals surface area contributed by atoms with Gasteiger partial charge < -0.3 is 16.2 Å². The molecule has 0 bridgehead atoms. The van der Waals surface area contributed by atoms with E-state index in [9.17, 15) is 19.1 Å². The van der Waals surface area contributed by atoms with Gasteiger partial charge in [0.15, 0.2) is 5.82 Å². The Morgan fingerprint density at radius 1 is 1.30 bits per heavy atom. The number of nitrogens with one attached hydrogen (secondary N) is 1. The quantitative estimate of drug-likeness (QED) is 0.701. The average molecular weight is 373 g/mol.